The smallest absolute Gasteiger partial charge is 0.303 e. The van der Waals surface area contributed by atoms with Crippen molar-refractivity contribution in [2.24, 2.45) is 0 Å². The van der Waals surface area contributed by atoms with Gasteiger partial charge in [-0.2, -0.15) is 0 Å². The van der Waals surface area contributed by atoms with Gasteiger partial charge in [0, 0.05) is 6.92 Å². The Hall–Kier alpha value is -1.51. The minimum absolute atomic E-state index is 0.0418. The van der Waals surface area contributed by atoms with Crippen LogP contribution in [-0.4, -0.2) is 54.2 Å². The fourth-order valence-electron chi connectivity index (χ4n) is 3.11. The molecule has 138 valence electrons. The largest absolute Gasteiger partial charge is 0.457 e. The summed E-state index contributed by atoms with van der Waals surface area (Å²) in [7, 11) is 0. The van der Waals surface area contributed by atoms with Gasteiger partial charge in [-0.25, -0.2) is 0 Å². The molecule has 1 N–H and O–H groups in total. The minimum atomic E-state index is -0.978. The van der Waals surface area contributed by atoms with Gasteiger partial charge in [-0.1, -0.05) is 30.3 Å². The number of carbonyl (C=O) groups is 1. The fraction of sp³-hybridized carbons (Fsp3) is 0.611. The first kappa shape index (κ1) is 18.3. The van der Waals surface area contributed by atoms with Crippen LogP contribution in [-0.2, 0) is 35.1 Å². The number of aliphatic hydroxyl groups is 1. The average molecular weight is 352 g/mol. The van der Waals surface area contributed by atoms with E-state index in [0.717, 1.165) is 5.56 Å². The molecule has 1 aromatic carbocycles. The van der Waals surface area contributed by atoms with Crippen LogP contribution in [0.15, 0.2) is 30.3 Å². The second-order valence-corrected chi connectivity index (χ2v) is 6.71. The van der Waals surface area contributed by atoms with Crippen molar-refractivity contribution >= 4 is 5.97 Å². The summed E-state index contributed by atoms with van der Waals surface area (Å²) in [6, 6.07) is 9.64. The molecule has 3 rings (SSSR count). The standard InChI is InChI=1S/C18H24O7/c1-11(19)22-15-14(23-17-16(15)24-18(2,3)25-17)13(20)10-21-9-12-7-5-4-6-8-12/h4-8,13-17,20H,9-10H2,1-3H3/t13-,14-,15+,16-,17-/m1/s1. The topological polar surface area (TPSA) is 83.5 Å². The molecule has 0 unspecified atom stereocenters. The number of benzene rings is 1. The number of ether oxygens (including phenoxy) is 5. The number of carbonyl (C=O) groups excluding carboxylic acids is 1. The van der Waals surface area contributed by atoms with E-state index in [2.05, 4.69) is 0 Å². The molecule has 2 aliphatic heterocycles. The average Bonchev–Trinajstić information content (AvgIpc) is 3.01. The highest BCUT2D eigenvalue weighted by Gasteiger charge is 2.58. The highest BCUT2D eigenvalue weighted by molar-refractivity contribution is 5.66. The first-order valence-electron chi connectivity index (χ1n) is 8.34. The van der Waals surface area contributed by atoms with Gasteiger partial charge in [0.1, 0.15) is 12.2 Å². The van der Waals surface area contributed by atoms with Crippen LogP contribution in [0.5, 0.6) is 0 Å². The lowest BCUT2D eigenvalue weighted by Crippen LogP contribution is -2.45. The molecular weight excluding hydrogens is 328 g/mol. The van der Waals surface area contributed by atoms with E-state index in [1.807, 2.05) is 30.3 Å². The highest BCUT2D eigenvalue weighted by atomic mass is 16.8. The number of rotatable bonds is 6. The van der Waals surface area contributed by atoms with E-state index >= 15 is 0 Å². The van der Waals surface area contributed by atoms with Crippen molar-refractivity contribution in [2.45, 2.75) is 63.9 Å². The Morgan fingerprint density at radius 2 is 2.00 bits per heavy atom. The minimum Gasteiger partial charge on any atom is -0.457 e. The molecule has 0 bridgehead atoms. The van der Waals surface area contributed by atoms with Gasteiger partial charge >= 0.3 is 5.97 Å². The molecule has 0 aliphatic carbocycles. The molecule has 2 saturated heterocycles. The third-order valence-electron chi connectivity index (χ3n) is 4.11. The van der Waals surface area contributed by atoms with E-state index < -0.39 is 42.5 Å². The van der Waals surface area contributed by atoms with Crippen LogP contribution < -0.4 is 0 Å². The lowest BCUT2D eigenvalue weighted by atomic mass is 10.1. The van der Waals surface area contributed by atoms with Gasteiger partial charge in [0.15, 0.2) is 24.3 Å². The molecule has 0 saturated carbocycles. The molecule has 2 fully saturated rings. The van der Waals surface area contributed by atoms with Crippen LogP contribution >= 0.6 is 0 Å². The van der Waals surface area contributed by atoms with E-state index in [0.29, 0.717) is 6.61 Å². The maximum atomic E-state index is 11.4. The van der Waals surface area contributed by atoms with E-state index in [9.17, 15) is 9.90 Å². The fourth-order valence-corrected chi connectivity index (χ4v) is 3.11. The van der Waals surface area contributed by atoms with Gasteiger partial charge in [0.05, 0.1) is 13.2 Å². The summed E-state index contributed by atoms with van der Waals surface area (Å²) in [4.78, 5) is 11.4. The van der Waals surface area contributed by atoms with Gasteiger partial charge in [-0.15, -0.1) is 0 Å². The van der Waals surface area contributed by atoms with Crippen LogP contribution in [0.4, 0.5) is 0 Å². The monoisotopic (exact) mass is 352 g/mol. The third kappa shape index (κ3) is 4.37. The van der Waals surface area contributed by atoms with Crippen molar-refractivity contribution in [2.75, 3.05) is 6.61 Å². The predicted molar refractivity (Wildman–Crippen MR) is 86.4 cm³/mol. The zero-order valence-corrected chi connectivity index (χ0v) is 14.6. The van der Waals surface area contributed by atoms with Crippen molar-refractivity contribution in [3.05, 3.63) is 35.9 Å². The summed E-state index contributed by atoms with van der Waals surface area (Å²) in [6.07, 6.45) is -3.76. The molecular formula is C18H24O7. The van der Waals surface area contributed by atoms with Crippen molar-refractivity contribution in [3.63, 3.8) is 0 Å². The molecule has 7 heteroatoms. The maximum absolute atomic E-state index is 11.4. The van der Waals surface area contributed by atoms with Crippen molar-refractivity contribution < 1.29 is 33.6 Å². The quantitative estimate of drug-likeness (QED) is 0.774. The number of hydrogen-bond acceptors (Lipinski definition) is 7. The summed E-state index contributed by atoms with van der Waals surface area (Å²) in [6.45, 7) is 5.24. The second-order valence-electron chi connectivity index (χ2n) is 6.71. The van der Waals surface area contributed by atoms with Crippen LogP contribution in [0, 0.1) is 0 Å². The predicted octanol–water partition coefficient (Wildman–Crippen LogP) is 1.37. The summed E-state index contributed by atoms with van der Waals surface area (Å²) in [5.41, 5.74) is 1.00. The molecule has 2 heterocycles. The number of fused-ring (bicyclic) bond motifs is 1. The zero-order chi connectivity index (χ0) is 18.0. The van der Waals surface area contributed by atoms with Gasteiger partial charge in [0.25, 0.3) is 0 Å². The Kier molecular flexibility index (Phi) is 5.41. The molecule has 1 aromatic rings. The zero-order valence-electron chi connectivity index (χ0n) is 14.6. The van der Waals surface area contributed by atoms with Crippen LogP contribution in [0.3, 0.4) is 0 Å². The Balaban J connectivity index is 1.59. The van der Waals surface area contributed by atoms with Crippen LogP contribution in [0.25, 0.3) is 0 Å². The molecule has 7 nitrogen and oxygen atoms in total. The normalized spacial score (nSPS) is 31.5. The van der Waals surface area contributed by atoms with Crippen LogP contribution in [0.2, 0.25) is 0 Å². The molecule has 2 aliphatic rings. The van der Waals surface area contributed by atoms with Crippen molar-refractivity contribution in [1.29, 1.82) is 0 Å². The van der Waals surface area contributed by atoms with E-state index in [1.54, 1.807) is 13.8 Å². The van der Waals surface area contributed by atoms with Crippen molar-refractivity contribution in [1.82, 2.24) is 0 Å². The van der Waals surface area contributed by atoms with E-state index in [-0.39, 0.29) is 6.61 Å². The van der Waals surface area contributed by atoms with E-state index in [4.69, 9.17) is 23.7 Å². The molecule has 0 aromatic heterocycles. The van der Waals surface area contributed by atoms with Gasteiger partial charge in [0.2, 0.25) is 0 Å². The van der Waals surface area contributed by atoms with Gasteiger partial charge in [-0.3, -0.25) is 4.79 Å². The molecule has 0 amide bonds. The number of esters is 1. The molecule has 5 atom stereocenters. The lowest BCUT2D eigenvalue weighted by Gasteiger charge is -2.28. The summed E-state index contributed by atoms with van der Waals surface area (Å²) >= 11 is 0. The first-order valence-corrected chi connectivity index (χ1v) is 8.34. The Morgan fingerprint density at radius 3 is 2.68 bits per heavy atom. The SMILES string of the molecule is CC(=O)O[C@@H]1[C@H]2OC(C)(C)O[C@H]2O[C@@H]1[C@H](O)COCc1ccccc1. The van der Waals surface area contributed by atoms with Crippen molar-refractivity contribution in [3.8, 4) is 0 Å². The van der Waals surface area contributed by atoms with Gasteiger partial charge in [-0.05, 0) is 19.4 Å². The summed E-state index contributed by atoms with van der Waals surface area (Å²) in [5, 5.41) is 10.4. The van der Waals surface area contributed by atoms with E-state index in [1.165, 1.54) is 6.92 Å². The van der Waals surface area contributed by atoms with Gasteiger partial charge < -0.3 is 28.8 Å². The second kappa shape index (κ2) is 7.39. The molecule has 25 heavy (non-hydrogen) atoms. The molecule has 0 spiro atoms. The number of aliphatic hydroxyl groups excluding tert-OH is 1. The first-order chi connectivity index (χ1) is 11.9. The Labute approximate surface area is 146 Å². The number of hydrogen-bond donors (Lipinski definition) is 1. The Morgan fingerprint density at radius 1 is 1.28 bits per heavy atom. The maximum Gasteiger partial charge on any atom is 0.303 e. The Bertz CT molecular complexity index is 588. The highest BCUT2D eigenvalue weighted by Crippen LogP contribution is 2.39. The summed E-state index contributed by atoms with van der Waals surface area (Å²) in [5.74, 6) is -1.29. The molecule has 0 radical (unpaired) electrons. The lowest BCUT2D eigenvalue weighted by molar-refractivity contribution is -0.231. The summed E-state index contributed by atoms with van der Waals surface area (Å²) < 4.78 is 28.1. The third-order valence-corrected chi connectivity index (χ3v) is 4.11. The van der Waals surface area contributed by atoms with Crippen LogP contribution in [0.1, 0.15) is 26.3 Å².